The van der Waals surface area contributed by atoms with Crippen LogP contribution in [0, 0.1) is 0 Å². The number of hydrogen-bond donors (Lipinski definition) is 1. The maximum atomic E-state index is 5.90. The number of halogens is 2. The van der Waals surface area contributed by atoms with Crippen LogP contribution >= 0.6 is 23.2 Å². The standard InChI is InChI=1S/C13H17Cl2NO/c1-13(8-14,9-15)16-7-11-6-10-4-2-3-5-12(10)17-11/h2-5,11,16H,6-9H2,1H3. The predicted molar refractivity (Wildman–Crippen MR) is 72.4 cm³/mol. The summed E-state index contributed by atoms with van der Waals surface area (Å²) in [5, 5.41) is 3.38. The molecule has 1 unspecified atom stereocenters. The van der Waals surface area contributed by atoms with Gasteiger partial charge < -0.3 is 10.1 Å². The molecule has 1 aliphatic heterocycles. The Labute approximate surface area is 112 Å². The molecule has 0 aromatic heterocycles. The highest BCUT2D eigenvalue weighted by Crippen LogP contribution is 2.28. The van der Waals surface area contributed by atoms with E-state index in [4.69, 9.17) is 27.9 Å². The van der Waals surface area contributed by atoms with Crippen molar-refractivity contribution in [1.29, 1.82) is 0 Å². The van der Waals surface area contributed by atoms with Crippen molar-refractivity contribution >= 4 is 23.2 Å². The Morgan fingerprint density at radius 2 is 2.06 bits per heavy atom. The molecule has 94 valence electrons. The smallest absolute Gasteiger partial charge is 0.123 e. The van der Waals surface area contributed by atoms with Gasteiger partial charge in [0.15, 0.2) is 0 Å². The molecule has 1 aliphatic rings. The van der Waals surface area contributed by atoms with E-state index in [0.717, 1.165) is 18.7 Å². The topological polar surface area (TPSA) is 21.3 Å². The molecule has 0 bridgehead atoms. The molecule has 0 aliphatic carbocycles. The first-order chi connectivity index (χ1) is 8.17. The Kier molecular flexibility index (Phi) is 4.18. The van der Waals surface area contributed by atoms with Crippen LogP contribution < -0.4 is 10.1 Å². The highest BCUT2D eigenvalue weighted by molar-refractivity contribution is 6.22. The number of ether oxygens (including phenoxy) is 1. The Morgan fingerprint density at radius 3 is 2.71 bits per heavy atom. The van der Waals surface area contributed by atoms with Crippen molar-refractivity contribution in [2.75, 3.05) is 18.3 Å². The number of nitrogens with one attached hydrogen (secondary N) is 1. The van der Waals surface area contributed by atoms with Gasteiger partial charge in [0.2, 0.25) is 0 Å². The fourth-order valence-corrected chi connectivity index (χ4v) is 2.33. The van der Waals surface area contributed by atoms with Crippen molar-refractivity contribution in [3.8, 4) is 5.75 Å². The van der Waals surface area contributed by atoms with Crippen molar-refractivity contribution in [3.05, 3.63) is 29.8 Å². The van der Waals surface area contributed by atoms with E-state index in [0.29, 0.717) is 11.8 Å². The van der Waals surface area contributed by atoms with E-state index < -0.39 is 0 Å². The third-order valence-electron chi connectivity index (χ3n) is 3.06. The molecule has 2 rings (SSSR count). The zero-order valence-corrected chi connectivity index (χ0v) is 11.4. The van der Waals surface area contributed by atoms with Crippen molar-refractivity contribution in [2.24, 2.45) is 0 Å². The summed E-state index contributed by atoms with van der Waals surface area (Å²) in [6.45, 7) is 2.79. The average molecular weight is 274 g/mol. The first-order valence-electron chi connectivity index (χ1n) is 5.78. The third kappa shape index (κ3) is 3.06. The molecule has 1 heterocycles. The lowest BCUT2D eigenvalue weighted by Gasteiger charge is -2.27. The van der Waals surface area contributed by atoms with Gasteiger partial charge in [-0.25, -0.2) is 0 Å². The molecule has 17 heavy (non-hydrogen) atoms. The van der Waals surface area contributed by atoms with Crippen LogP contribution in [0.3, 0.4) is 0 Å². The molecule has 0 saturated heterocycles. The van der Waals surface area contributed by atoms with E-state index in [9.17, 15) is 0 Å². The summed E-state index contributed by atoms with van der Waals surface area (Å²) < 4.78 is 5.84. The maximum Gasteiger partial charge on any atom is 0.123 e. The predicted octanol–water partition coefficient (Wildman–Crippen LogP) is 2.82. The fourth-order valence-electron chi connectivity index (χ4n) is 1.86. The largest absolute Gasteiger partial charge is 0.488 e. The van der Waals surface area contributed by atoms with Gasteiger partial charge >= 0.3 is 0 Å². The highest BCUT2D eigenvalue weighted by atomic mass is 35.5. The molecule has 0 saturated carbocycles. The van der Waals surface area contributed by atoms with E-state index in [1.165, 1.54) is 5.56 Å². The van der Waals surface area contributed by atoms with Gasteiger partial charge in [-0.3, -0.25) is 0 Å². The zero-order chi connectivity index (χ0) is 12.3. The molecule has 0 fully saturated rings. The third-order valence-corrected chi connectivity index (χ3v) is 4.24. The van der Waals surface area contributed by atoms with Gasteiger partial charge in [-0.1, -0.05) is 18.2 Å². The lowest BCUT2D eigenvalue weighted by atomic mass is 10.1. The average Bonchev–Trinajstić information content (AvgIpc) is 2.79. The molecule has 0 amide bonds. The van der Waals surface area contributed by atoms with E-state index in [2.05, 4.69) is 11.4 Å². The molecule has 4 heteroatoms. The molecule has 1 aromatic carbocycles. The van der Waals surface area contributed by atoms with Crippen LogP contribution in [0.1, 0.15) is 12.5 Å². The SMILES string of the molecule is CC(CCl)(CCl)NCC1Cc2ccccc2O1. The van der Waals surface area contributed by atoms with Crippen LogP contribution in [-0.4, -0.2) is 29.9 Å². The van der Waals surface area contributed by atoms with Crippen molar-refractivity contribution in [2.45, 2.75) is 25.0 Å². The zero-order valence-electron chi connectivity index (χ0n) is 9.88. The first-order valence-corrected chi connectivity index (χ1v) is 6.85. The van der Waals surface area contributed by atoms with E-state index >= 15 is 0 Å². The summed E-state index contributed by atoms with van der Waals surface area (Å²) in [6.07, 6.45) is 1.13. The molecule has 1 aromatic rings. The molecule has 1 atom stereocenters. The Bertz CT molecular complexity index is 354. The van der Waals surface area contributed by atoms with Gasteiger partial charge in [-0.2, -0.15) is 0 Å². The quantitative estimate of drug-likeness (QED) is 0.834. The van der Waals surface area contributed by atoms with Crippen molar-refractivity contribution in [3.63, 3.8) is 0 Å². The summed E-state index contributed by atoms with van der Waals surface area (Å²) in [7, 11) is 0. The van der Waals surface area contributed by atoms with Gasteiger partial charge in [-0.15, -0.1) is 23.2 Å². The van der Waals surface area contributed by atoms with Crippen molar-refractivity contribution < 1.29 is 4.74 Å². The minimum Gasteiger partial charge on any atom is -0.488 e. The summed E-state index contributed by atoms with van der Waals surface area (Å²) >= 11 is 11.8. The lowest BCUT2D eigenvalue weighted by molar-refractivity contribution is 0.213. The summed E-state index contributed by atoms with van der Waals surface area (Å²) in [5.74, 6) is 1.99. The Morgan fingerprint density at radius 1 is 1.35 bits per heavy atom. The van der Waals surface area contributed by atoms with Crippen LogP contribution in [0.2, 0.25) is 0 Å². The second-order valence-electron chi connectivity index (χ2n) is 4.76. The van der Waals surface area contributed by atoms with Gasteiger partial charge in [0.05, 0.1) is 0 Å². The molecule has 0 radical (unpaired) electrons. The highest BCUT2D eigenvalue weighted by Gasteiger charge is 2.26. The second kappa shape index (κ2) is 5.47. The van der Waals surface area contributed by atoms with Gasteiger partial charge in [0.1, 0.15) is 11.9 Å². The van der Waals surface area contributed by atoms with Gasteiger partial charge in [0.25, 0.3) is 0 Å². The Hall–Kier alpha value is -0.440. The second-order valence-corrected chi connectivity index (χ2v) is 5.30. The minimum atomic E-state index is -0.221. The molecular formula is C13H17Cl2NO. The number of benzene rings is 1. The number of rotatable bonds is 5. The number of alkyl halides is 2. The lowest BCUT2D eigenvalue weighted by Crippen LogP contribution is -2.49. The minimum absolute atomic E-state index is 0.179. The van der Waals surface area contributed by atoms with E-state index in [-0.39, 0.29) is 11.6 Å². The summed E-state index contributed by atoms with van der Waals surface area (Å²) in [5.41, 5.74) is 1.05. The molecular weight excluding hydrogens is 257 g/mol. The van der Waals surface area contributed by atoms with Crippen LogP contribution in [0.5, 0.6) is 5.75 Å². The normalized spacial score (nSPS) is 18.9. The molecule has 0 spiro atoms. The molecule has 1 N–H and O–H groups in total. The van der Waals surface area contributed by atoms with Gasteiger partial charge in [-0.05, 0) is 18.6 Å². The van der Waals surface area contributed by atoms with Crippen LogP contribution in [0.25, 0.3) is 0 Å². The summed E-state index contributed by atoms with van der Waals surface area (Å²) in [4.78, 5) is 0. The number of hydrogen-bond acceptors (Lipinski definition) is 2. The van der Waals surface area contributed by atoms with Crippen molar-refractivity contribution in [1.82, 2.24) is 5.32 Å². The number of fused-ring (bicyclic) bond motifs is 1. The summed E-state index contributed by atoms with van der Waals surface area (Å²) in [6, 6.07) is 8.16. The monoisotopic (exact) mass is 273 g/mol. The Balaban J connectivity index is 1.88. The van der Waals surface area contributed by atoms with Crippen LogP contribution in [0.4, 0.5) is 0 Å². The molecule has 2 nitrogen and oxygen atoms in total. The van der Waals surface area contributed by atoms with Crippen LogP contribution in [-0.2, 0) is 6.42 Å². The maximum absolute atomic E-state index is 5.90. The fraction of sp³-hybridized carbons (Fsp3) is 0.538. The van der Waals surface area contributed by atoms with Gasteiger partial charge in [0, 0.05) is 30.3 Å². The van der Waals surface area contributed by atoms with E-state index in [1.54, 1.807) is 0 Å². The van der Waals surface area contributed by atoms with Crippen LogP contribution in [0.15, 0.2) is 24.3 Å². The first kappa shape index (κ1) is 13.0. The van der Waals surface area contributed by atoms with E-state index in [1.807, 2.05) is 25.1 Å². The number of para-hydroxylation sites is 1.